The van der Waals surface area contributed by atoms with Crippen LogP contribution in [0.5, 0.6) is 0 Å². The molecule has 2 rings (SSSR count). The van der Waals surface area contributed by atoms with Gasteiger partial charge in [0.1, 0.15) is 0 Å². The predicted octanol–water partition coefficient (Wildman–Crippen LogP) is 2.18. The van der Waals surface area contributed by atoms with E-state index in [4.69, 9.17) is 5.11 Å². The highest BCUT2D eigenvalue weighted by molar-refractivity contribution is 7.15. The fourth-order valence-electron chi connectivity index (χ4n) is 1.55. The standard InChI is InChI=1S/C12H13N3O2S/c1-8-10(11(16)17)14-12(18-8)15(2)7-9-5-3-4-6-13-9/h3-6H,7H2,1-2H3,(H,16,17). The number of nitrogens with zero attached hydrogens (tertiary/aromatic N) is 3. The lowest BCUT2D eigenvalue weighted by Crippen LogP contribution is -2.17. The van der Waals surface area contributed by atoms with E-state index in [1.165, 1.54) is 11.3 Å². The van der Waals surface area contributed by atoms with Crippen molar-refractivity contribution in [2.75, 3.05) is 11.9 Å². The molecule has 0 aliphatic carbocycles. The second kappa shape index (κ2) is 5.14. The third kappa shape index (κ3) is 2.65. The Hall–Kier alpha value is -1.95. The molecule has 0 aromatic carbocycles. The summed E-state index contributed by atoms with van der Waals surface area (Å²) in [5, 5.41) is 9.65. The topological polar surface area (TPSA) is 66.3 Å². The van der Waals surface area contributed by atoms with Crippen molar-refractivity contribution in [2.24, 2.45) is 0 Å². The van der Waals surface area contributed by atoms with Gasteiger partial charge in [0.05, 0.1) is 12.2 Å². The SMILES string of the molecule is Cc1sc(N(C)Cc2ccccn2)nc1C(=O)O. The van der Waals surface area contributed by atoms with Crippen LogP contribution in [-0.4, -0.2) is 28.1 Å². The Morgan fingerprint density at radius 2 is 2.28 bits per heavy atom. The number of aromatic nitrogens is 2. The van der Waals surface area contributed by atoms with Crippen LogP contribution in [0.4, 0.5) is 5.13 Å². The summed E-state index contributed by atoms with van der Waals surface area (Å²) in [6.45, 7) is 2.37. The van der Waals surface area contributed by atoms with Crippen LogP contribution in [0.25, 0.3) is 0 Å². The summed E-state index contributed by atoms with van der Waals surface area (Å²) in [4.78, 5) is 21.9. The second-order valence-corrected chi connectivity index (χ2v) is 5.07. The Balaban J connectivity index is 2.17. The van der Waals surface area contributed by atoms with Crippen LogP contribution >= 0.6 is 11.3 Å². The van der Waals surface area contributed by atoms with Crippen LogP contribution in [0.1, 0.15) is 21.1 Å². The van der Waals surface area contributed by atoms with E-state index in [9.17, 15) is 4.79 Å². The van der Waals surface area contributed by atoms with Crippen LogP contribution in [0.3, 0.4) is 0 Å². The van der Waals surface area contributed by atoms with E-state index in [-0.39, 0.29) is 5.69 Å². The Kier molecular flexibility index (Phi) is 3.57. The first-order valence-electron chi connectivity index (χ1n) is 5.39. The van der Waals surface area contributed by atoms with Gasteiger partial charge in [0.2, 0.25) is 0 Å². The van der Waals surface area contributed by atoms with Crippen molar-refractivity contribution in [3.05, 3.63) is 40.7 Å². The molecule has 0 fully saturated rings. The average molecular weight is 263 g/mol. The normalized spacial score (nSPS) is 10.3. The van der Waals surface area contributed by atoms with Gasteiger partial charge in [-0.3, -0.25) is 4.98 Å². The van der Waals surface area contributed by atoms with Crippen LogP contribution < -0.4 is 4.90 Å². The van der Waals surface area contributed by atoms with Gasteiger partial charge in [-0.05, 0) is 19.1 Å². The Morgan fingerprint density at radius 1 is 1.50 bits per heavy atom. The average Bonchev–Trinajstić information content (AvgIpc) is 2.73. The zero-order chi connectivity index (χ0) is 13.1. The van der Waals surface area contributed by atoms with Crippen molar-refractivity contribution in [2.45, 2.75) is 13.5 Å². The van der Waals surface area contributed by atoms with Gasteiger partial charge in [0.25, 0.3) is 0 Å². The van der Waals surface area contributed by atoms with E-state index >= 15 is 0 Å². The lowest BCUT2D eigenvalue weighted by molar-refractivity contribution is 0.0690. The number of hydrogen-bond donors (Lipinski definition) is 1. The molecule has 0 aliphatic heterocycles. The third-order valence-corrected chi connectivity index (χ3v) is 3.52. The van der Waals surface area contributed by atoms with Gasteiger partial charge in [-0.15, -0.1) is 11.3 Å². The maximum Gasteiger partial charge on any atom is 0.355 e. The zero-order valence-electron chi connectivity index (χ0n) is 10.1. The maximum atomic E-state index is 10.9. The van der Waals surface area contributed by atoms with Crippen LogP contribution in [0.2, 0.25) is 0 Å². The van der Waals surface area contributed by atoms with Crippen LogP contribution in [-0.2, 0) is 6.54 Å². The van der Waals surface area contributed by atoms with Gasteiger partial charge in [-0.1, -0.05) is 6.07 Å². The number of carboxylic acid groups (broad SMARTS) is 1. The summed E-state index contributed by atoms with van der Waals surface area (Å²) in [6, 6.07) is 5.71. The van der Waals surface area contributed by atoms with Crippen molar-refractivity contribution in [3.63, 3.8) is 0 Å². The summed E-state index contributed by atoms with van der Waals surface area (Å²) >= 11 is 1.38. The molecular weight excluding hydrogens is 250 g/mol. The molecule has 2 aromatic rings. The summed E-state index contributed by atoms with van der Waals surface area (Å²) in [5.74, 6) is -0.985. The van der Waals surface area contributed by atoms with Crippen molar-refractivity contribution in [1.82, 2.24) is 9.97 Å². The number of rotatable bonds is 4. The molecule has 1 N–H and O–H groups in total. The molecule has 6 heteroatoms. The van der Waals surface area contributed by atoms with Gasteiger partial charge in [-0.2, -0.15) is 0 Å². The summed E-state index contributed by atoms with van der Waals surface area (Å²) in [5.41, 5.74) is 1.05. The zero-order valence-corrected chi connectivity index (χ0v) is 10.9. The molecule has 2 aromatic heterocycles. The third-order valence-electron chi connectivity index (χ3n) is 2.44. The van der Waals surface area contributed by atoms with E-state index in [0.717, 1.165) is 5.69 Å². The second-order valence-electron chi connectivity index (χ2n) is 3.88. The number of carboxylic acids is 1. The molecule has 94 valence electrons. The molecule has 0 saturated carbocycles. The monoisotopic (exact) mass is 263 g/mol. The molecule has 0 bridgehead atoms. The van der Waals surface area contributed by atoms with E-state index in [1.807, 2.05) is 30.1 Å². The molecule has 0 amide bonds. The van der Waals surface area contributed by atoms with Crippen molar-refractivity contribution < 1.29 is 9.90 Å². The molecule has 0 radical (unpaired) electrons. The number of carbonyl (C=O) groups is 1. The van der Waals surface area contributed by atoms with Gasteiger partial charge in [-0.25, -0.2) is 9.78 Å². The van der Waals surface area contributed by atoms with Gasteiger partial charge < -0.3 is 10.0 Å². The van der Waals surface area contributed by atoms with Crippen LogP contribution in [0.15, 0.2) is 24.4 Å². The molecule has 0 spiro atoms. The Morgan fingerprint density at radius 3 is 2.83 bits per heavy atom. The highest BCUT2D eigenvalue weighted by atomic mass is 32.1. The van der Waals surface area contributed by atoms with Crippen LogP contribution in [0, 0.1) is 6.92 Å². The molecule has 0 unspecified atom stereocenters. The smallest absolute Gasteiger partial charge is 0.355 e. The van der Waals surface area contributed by atoms with E-state index in [2.05, 4.69) is 9.97 Å². The van der Waals surface area contributed by atoms with Gasteiger partial charge in [0.15, 0.2) is 10.8 Å². The molecular formula is C12H13N3O2S. The Labute approximate surface area is 109 Å². The molecule has 5 nitrogen and oxygen atoms in total. The lowest BCUT2D eigenvalue weighted by Gasteiger charge is -2.14. The number of thiazole rings is 1. The van der Waals surface area contributed by atoms with E-state index in [0.29, 0.717) is 16.6 Å². The minimum atomic E-state index is -0.985. The summed E-state index contributed by atoms with van der Waals surface area (Å²) < 4.78 is 0. The first-order valence-corrected chi connectivity index (χ1v) is 6.21. The maximum absolute atomic E-state index is 10.9. The number of hydrogen-bond acceptors (Lipinski definition) is 5. The van der Waals surface area contributed by atoms with Crippen molar-refractivity contribution in [3.8, 4) is 0 Å². The number of anilines is 1. The number of aryl methyl sites for hydroxylation is 1. The van der Waals surface area contributed by atoms with E-state index in [1.54, 1.807) is 13.1 Å². The molecule has 18 heavy (non-hydrogen) atoms. The van der Waals surface area contributed by atoms with Crippen molar-refractivity contribution in [1.29, 1.82) is 0 Å². The first kappa shape index (κ1) is 12.5. The molecule has 0 saturated heterocycles. The van der Waals surface area contributed by atoms with Gasteiger partial charge >= 0.3 is 5.97 Å². The highest BCUT2D eigenvalue weighted by Crippen LogP contribution is 2.25. The largest absolute Gasteiger partial charge is 0.476 e. The quantitative estimate of drug-likeness (QED) is 0.915. The number of pyridine rings is 1. The minimum absolute atomic E-state index is 0.128. The first-order chi connectivity index (χ1) is 8.58. The molecule has 2 heterocycles. The Bertz CT molecular complexity index is 554. The fourth-order valence-corrected chi connectivity index (χ4v) is 2.41. The predicted molar refractivity (Wildman–Crippen MR) is 70.2 cm³/mol. The van der Waals surface area contributed by atoms with Crippen molar-refractivity contribution >= 4 is 22.4 Å². The van der Waals surface area contributed by atoms with E-state index < -0.39 is 5.97 Å². The minimum Gasteiger partial charge on any atom is -0.476 e. The fraction of sp³-hybridized carbons (Fsp3) is 0.250. The summed E-state index contributed by atoms with van der Waals surface area (Å²) in [6.07, 6.45) is 1.74. The summed E-state index contributed by atoms with van der Waals surface area (Å²) in [7, 11) is 1.87. The number of aromatic carboxylic acids is 1. The highest BCUT2D eigenvalue weighted by Gasteiger charge is 2.16. The lowest BCUT2D eigenvalue weighted by atomic mass is 10.3. The molecule has 0 aliphatic rings. The molecule has 0 atom stereocenters. The van der Waals surface area contributed by atoms with Gasteiger partial charge in [0, 0.05) is 18.1 Å².